The fourth-order valence-electron chi connectivity index (χ4n) is 1.77. The summed E-state index contributed by atoms with van der Waals surface area (Å²) in [5.74, 6) is 0.715. The highest BCUT2D eigenvalue weighted by Gasteiger charge is 2.19. The average molecular weight is 260 g/mol. The molecule has 0 unspecified atom stereocenters. The molecule has 92 valence electrons. The zero-order valence-corrected chi connectivity index (χ0v) is 10.7. The second kappa shape index (κ2) is 5.04. The Morgan fingerprint density at radius 2 is 2.00 bits per heavy atom. The lowest BCUT2D eigenvalue weighted by molar-refractivity contribution is 0.683. The standard InChI is InChI=1S/C14H14ClN3/c15-12-3-1-2-11(6-12)14-17-8-10(9-18-14)7-16-13-4-5-13/h1-3,6,8-9,13,16H,4-5,7H2. The van der Waals surface area contributed by atoms with E-state index in [0.29, 0.717) is 16.9 Å². The number of halogens is 1. The van der Waals surface area contributed by atoms with E-state index >= 15 is 0 Å². The van der Waals surface area contributed by atoms with Gasteiger partial charge in [-0.1, -0.05) is 23.7 Å². The van der Waals surface area contributed by atoms with E-state index in [9.17, 15) is 0 Å². The summed E-state index contributed by atoms with van der Waals surface area (Å²) in [4.78, 5) is 8.76. The predicted octanol–water partition coefficient (Wildman–Crippen LogP) is 3.05. The molecule has 3 nitrogen and oxygen atoms in total. The van der Waals surface area contributed by atoms with E-state index in [2.05, 4.69) is 15.3 Å². The van der Waals surface area contributed by atoms with Gasteiger partial charge in [0, 0.05) is 41.1 Å². The Morgan fingerprint density at radius 3 is 2.67 bits per heavy atom. The van der Waals surface area contributed by atoms with Crippen molar-refractivity contribution in [2.75, 3.05) is 0 Å². The van der Waals surface area contributed by atoms with Crippen molar-refractivity contribution < 1.29 is 0 Å². The maximum Gasteiger partial charge on any atom is 0.159 e. The number of aromatic nitrogens is 2. The summed E-state index contributed by atoms with van der Waals surface area (Å²) in [6.07, 6.45) is 6.33. The van der Waals surface area contributed by atoms with Crippen molar-refractivity contribution in [3.05, 3.63) is 47.2 Å². The Hall–Kier alpha value is -1.45. The van der Waals surface area contributed by atoms with Crippen LogP contribution in [0.2, 0.25) is 5.02 Å². The molecule has 0 radical (unpaired) electrons. The number of nitrogens with zero attached hydrogens (tertiary/aromatic N) is 2. The first kappa shape index (κ1) is 11.6. The van der Waals surface area contributed by atoms with E-state index in [1.807, 2.05) is 36.7 Å². The highest BCUT2D eigenvalue weighted by molar-refractivity contribution is 6.30. The lowest BCUT2D eigenvalue weighted by Gasteiger charge is -2.04. The Morgan fingerprint density at radius 1 is 1.22 bits per heavy atom. The summed E-state index contributed by atoms with van der Waals surface area (Å²) in [6.45, 7) is 0.848. The zero-order valence-electron chi connectivity index (χ0n) is 9.94. The van der Waals surface area contributed by atoms with Gasteiger partial charge >= 0.3 is 0 Å². The molecule has 0 bridgehead atoms. The Bertz CT molecular complexity index is 535. The van der Waals surface area contributed by atoms with Crippen LogP contribution < -0.4 is 5.32 Å². The Balaban J connectivity index is 1.73. The fraction of sp³-hybridized carbons (Fsp3) is 0.286. The van der Waals surface area contributed by atoms with Crippen LogP contribution in [0, 0.1) is 0 Å². The van der Waals surface area contributed by atoms with Crippen molar-refractivity contribution in [2.24, 2.45) is 0 Å². The lowest BCUT2D eigenvalue weighted by Crippen LogP contribution is -2.15. The third-order valence-corrected chi connectivity index (χ3v) is 3.20. The maximum absolute atomic E-state index is 5.95. The van der Waals surface area contributed by atoms with E-state index in [1.54, 1.807) is 0 Å². The van der Waals surface area contributed by atoms with Gasteiger partial charge in [0.1, 0.15) is 0 Å². The molecule has 0 spiro atoms. The smallest absolute Gasteiger partial charge is 0.159 e. The second-order valence-electron chi connectivity index (χ2n) is 4.58. The molecule has 3 rings (SSSR count). The molecule has 0 amide bonds. The summed E-state index contributed by atoms with van der Waals surface area (Å²) in [5.41, 5.74) is 2.07. The summed E-state index contributed by atoms with van der Waals surface area (Å²) in [5, 5.41) is 4.14. The van der Waals surface area contributed by atoms with E-state index < -0.39 is 0 Å². The molecule has 0 atom stereocenters. The molecule has 1 saturated carbocycles. The molecule has 1 aromatic heterocycles. The molecule has 1 N–H and O–H groups in total. The highest BCUT2D eigenvalue weighted by Crippen LogP contribution is 2.20. The van der Waals surface area contributed by atoms with Crippen LogP contribution in [0.25, 0.3) is 11.4 Å². The van der Waals surface area contributed by atoms with Gasteiger partial charge in [0.25, 0.3) is 0 Å². The molecule has 1 aliphatic carbocycles. The summed E-state index contributed by atoms with van der Waals surface area (Å²) in [7, 11) is 0. The first-order valence-electron chi connectivity index (χ1n) is 6.11. The molecule has 4 heteroatoms. The van der Waals surface area contributed by atoms with Crippen molar-refractivity contribution in [1.29, 1.82) is 0 Å². The molecule has 1 aromatic carbocycles. The quantitative estimate of drug-likeness (QED) is 0.917. The monoisotopic (exact) mass is 259 g/mol. The van der Waals surface area contributed by atoms with Crippen LogP contribution in [0.4, 0.5) is 0 Å². The fourth-order valence-corrected chi connectivity index (χ4v) is 1.96. The van der Waals surface area contributed by atoms with E-state index in [0.717, 1.165) is 17.7 Å². The highest BCUT2D eigenvalue weighted by atomic mass is 35.5. The van der Waals surface area contributed by atoms with Crippen LogP contribution in [-0.2, 0) is 6.54 Å². The number of nitrogens with one attached hydrogen (secondary N) is 1. The van der Waals surface area contributed by atoms with Gasteiger partial charge in [-0.25, -0.2) is 9.97 Å². The number of rotatable bonds is 4. The largest absolute Gasteiger partial charge is 0.310 e. The summed E-state index contributed by atoms with van der Waals surface area (Å²) >= 11 is 5.95. The van der Waals surface area contributed by atoms with Gasteiger partial charge in [-0.3, -0.25) is 0 Å². The van der Waals surface area contributed by atoms with Gasteiger partial charge < -0.3 is 5.32 Å². The van der Waals surface area contributed by atoms with Crippen molar-refractivity contribution >= 4 is 11.6 Å². The topological polar surface area (TPSA) is 37.8 Å². The first-order valence-corrected chi connectivity index (χ1v) is 6.49. The predicted molar refractivity (Wildman–Crippen MR) is 72.3 cm³/mol. The van der Waals surface area contributed by atoms with Crippen LogP contribution in [-0.4, -0.2) is 16.0 Å². The number of hydrogen-bond acceptors (Lipinski definition) is 3. The van der Waals surface area contributed by atoms with Crippen LogP contribution in [0.5, 0.6) is 0 Å². The lowest BCUT2D eigenvalue weighted by atomic mass is 10.2. The van der Waals surface area contributed by atoms with Gasteiger partial charge in [-0.2, -0.15) is 0 Å². The molecule has 18 heavy (non-hydrogen) atoms. The van der Waals surface area contributed by atoms with E-state index in [1.165, 1.54) is 12.8 Å². The number of hydrogen-bond donors (Lipinski definition) is 1. The van der Waals surface area contributed by atoms with Crippen LogP contribution >= 0.6 is 11.6 Å². The molecular formula is C14H14ClN3. The summed E-state index contributed by atoms with van der Waals surface area (Å²) < 4.78 is 0. The summed E-state index contributed by atoms with van der Waals surface area (Å²) in [6, 6.07) is 8.29. The third kappa shape index (κ3) is 2.86. The zero-order chi connectivity index (χ0) is 12.4. The van der Waals surface area contributed by atoms with E-state index in [4.69, 9.17) is 11.6 Å². The van der Waals surface area contributed by atoms with Gasteiger partial charge in [0.05, 0.1) is 0 Å². The second-order valence-corrected chi connectivity index (χ2v) is 5.02. The van der Waals surface area contributed by atoms with Crippen LogP contribution in [0.15, 0.2) is 36.7 Å². The molecule has 2 aromatic rings. The van der Waals surface area contributed by atoms with Crippen molar-refractivity contribution in [1.82, 2.24) is 15.3 Å². The molecule has 0 aliphatic heterocycles. The normalized spacial score (nSPS) is 14.7. The minimum absolute atomic E-state index is 0.704. The van der Waals surface area contributed by atoms with Crippen molar-refractivity contribution in [3.63, 3.8) is 0 Å². The maximum atomic E-state index is 5.95. The molecule has 1 fully saturated rings. The minimum atomic E-state index is 0.704. The van der Waals surface area contributed by atoms with E-state index in [-0.39, 0.29) is 0 Å². The first-order chi connectivity index (χ1) is 8.81. The Kier molecular flexibility index (Phi) is 3.26. The van der Waals surface area contributed by atoms with Gasteiger partial charge in [0.15, 0.2) is 5.82 Å². The molecule has 0 saturated heterocycles. The van der Waals surface area contributed by atoms with Gasteiger partial charge in [0.2, 0.25) is 0 Å². The number of benzene rings is 1. The third-order valence-electron chi connectivity index (χ3n) is 2.96. The molecule has 1 heterocycles. The van der Waals surface area contributed by atoms with Gasteiger partial charge in [-0.15, -0.1) is 0 Å². The average Bonchev–Trinajstić information content (AvgIpc) is 3.21. The van der Waals surface area contributed by atoms with Crippen LogP contribution in [0.3, 0.4) is 0 Å². The van der Waals surface area contributed by atoms with Gasteiger partial charge in [-0.05, 0) is 25.0 Å². The Labute approximate surface area is 111 Å². The van der Waals surface area contributed by atoms with Crippen molar-refractivity contribution in [2.45, 2.75) is 25.4 Å². The van der Waals surface area contributed by atoms with Crippen LogP contribution in [0.1, 0.15) is 18.4 Å². The molecular weight excluding hydrogens is 246 g/mol. The van der Waals surface area contributed by atoms with Crippen molar-refractivity contribution in [3.8, 4) is 11.4 Å². The minimum Gasteiger partial charge on any atom is -0.310 e. The SMILES string of the molecule is Clc1cccc(-c2ncc(CNC3CC3)cn2)c1. The molecule has 1 aliphatic rings.